The second-order valence-electron chi connectivity index (χ2n) is 8.94. The molecule has 0 fully saturated rings. The number of carbonyl (C=O) groups is 2. The Balaban J connectivity index is 1.69. The largest absolute Gasteiger partial charge is 0.476 e. The van der Waals surface area contributed by atoms with E-state index in [4.69, 9.17) is 4.74 Å². The standard InChI is InChI=1S/C27H28N2O3/c1-17-7-11-22(12-8-17)28-25(30)20-10-13-24-23(15-20)29(26(31)27(4,5)32-24)16-21-14-18(2)6-9-19(21)3/h6-15H,16H2,1-5H3,(H,28,30). The number of amides is 2. The smallest absolute Gasteiger partial charge is 0.271 e. The number of hydrogen-bond donors (Lipinski definition) is 1. The van der Waals surface area contributed by atoms with Crippen LogP contribution in [0, 0.1) is 20.8 Å². The van der Waals surface area contributed by atoms with E-state index in [9.17, 15) is 9.59 Å². The molecule has 3 aromatic carbocycles. The van der Waals surface area contributed by atoms with Gasteiger partial charge in [-0.1, -0.05) is 41.5 Å². The summed E-state index contributed by atoms with van der Waals surface area (Å²) in [5.41, 5.74) is 5.24. The number of anilines is 2. The summed E-state index contributed by atoms with van der Waals surface area (Å²) in [6.07, 6.45) is 0. The summed E-state index contributed by atoms with van der Waals surface area (Å²) >= 11 is 0. The van der Waals surface area contributed by atoms with Crippen molar-refractivity contribution < 1.29 is 14.3 Å². The highest BCUT2D eigenvalue weighted by molar-refractivity contribution is 6.07. The van der Waals surface area contributed by atoms with Gasteiger partial charge in [-0.15, -0.1) is 0 Å². The molecule has 0 unspecified atom stereocenters. The van der Waals surface area contributed by atoms with Crippen molar-refractivity contribution in [3.05, 3.63) is 88.5 Å². The highest BCUT2D eigenvalue weighted by Crippen LogP contribution is 2.39. The fourth-order valence-electron chi connectivity index (χ4n) is 3.85. The van der Waals surface area contributed by atoms with Gasteiger partial charge in [0, 0.05) is 11.3 Å². The maximum Gasteiger partial charge on any atom is 0.271 e. The Morgan fingerprint density at radius 2 is 1.62 bits per heavy atom. The van der Waals surface area contributed by atoms with Gasteiger partial charge in [-0.3, -0.25) is 9.59 Å². The third kappa shape index (κ3) is 4.24. The van der Waals surface area contributed by atoms with Crippen molar-refractivity contribution in [2.24, 2.45) is 0 Å². The van der Waals surface area contributed by atoms with E-state index in [2.05, 4.69) is 23.5 Å². The molecule has 3 aromatic rings. The average molecular weight is 429 g/mol. The van der Waals surface area contributed by atoms with E-state index in [-0.39, 0.29) is 11.8 Å². The van der Waals surface area contributed by atoms with Gasteiger partial charge in [0.2, 0.25) is 0 Å². The van der Waals surface area contributed by atoms with Gasteiger partial charge in [0.1, 0.15) is 5.75 Å². The molecule has 0 spiro atoms. The molecule has 5 nitrogen and oxygen atoms in total. The second kappa shape index (κ2) is 8.15. The molecule has 0 saturated carbocycles. The molecule has 1 heterocycles. The molecule has 1 N–H and O–H groups in total. The summed E-state index contributed by atoms with van der Waals surface area (Å²) in [4.78, 5) is 27.9. The molecule has 0 saturated heterocycles. The van der Waals surface area contributed by atoms with Gasteiger partial charge in [-0.05, 0) is 76.1 Å². The predicted octanol–water partition coefficient (Wildman–Crippen LogP) is 5.57. The number of benzene rings is 3. The molecule has 32 heavy (non-hydrogen) atoms. The maximum atomic E-state index is 13.3. The zero-order valence-corrected chi connectivity index (χ0v) is 19.2. The SMILES string of the molecule is Cc1ccc(NC(=O)c2ccc3c(c2)N(Cc2cc(C)ccc2C)C(=O)C(C)(C)O3)cc1. The summed E-state index contributed by atoms with van der Waals surface area (Å²) in [6, 6.07) is 19.1. The molecular weight excluding hydrogens is 400 g/mol. The van der Waals surface area contributed by atoms with Crippen LogP contribution in [0.4, 0.5) is 11.4 Å². The third-order valence-corrected chi connectivity index (χ3v) is 5.78. The Kier molecular flexibility index (Phi) is 5.51. The summed E-state index contributed by atoms with van der Waals surface area (Å²) in [5.74, 6) is 0.217. The lowest BCUT2D eigenvalue weighted by Crippen LogP contribution is -2.52. The van der Waals surface area contributed by atoms with Crippen LogP contribution in [0.1, 0.15) is 46.5 Å². The minimum atomic E-state index is -0.990. The molecule has 0 radical (unpaired) electrons. The maximum absolute atomic E-state index is 13.3. The average Bonchev–Trinajstić information content (AvgIpc) is 2.75. The molecule has 5 heteroatoms. The third-order valence-electron chi connectivity index (χ3n) is 5.78. The van der Waals surface area contributed by atoms with Crippen LogP contribution in [-0.2, 0) is 11.3 Å². The summed E-state index contributed by atoms with van der Waals surface area (Å²) < 4.78 is 6.00. The highest BCUT2D eigenvalue weighted by Gasteiger charge is 2.41. The van der Waals surface area contributed by atoms with Crippen LogP contribution < -0.4 is 15.0 Å². The number of ether oxygens (including phenoxy) is 1. The number of aryl methyl sites for hydroxylation is 3. The van der Waals surface area contributed by atoms with Crippen molar-refractivity contribution in [2.75, 3.05) is 10.2 Å². The Morgan fingerprint density at radius 3 is 2.34 bits per heavy atom. The lowest BCUT2D eigenvalue weighted by Gasteiger charge is -2.39. The van der Waals surface area contributed by atoms with Crippen molar-refractivity contribution in [1.82, 2.24) is 0 Å². The minimum Gasteiger partial charge on any atom is -0.476 e. The summed E-state index contributed by atoms with van der Waals surface area (Å²) in [7, 11) is 0. The van der Waals surface area contributed by atoms with Crippen LogP contribution in [0.15, 0.2) is 60.7 Å². The number of fused-ring (bicyclic) bond motifs is 1. The molecule has 1 aliphatic rings. The fourth-order valence-corrected chi connectivity index (χ4v) is 3.85. The second-order valence-corrected chi connectivity index (χ2v) is 8.94. The Bertz CT molecular complexity index is 1200. The summed E-state index contributed by atoms with van der Waals surface area (Å²) in [5, 5.41) is 2.92. The van der Waals surface area contributed by atoms with Crippen molar-refractivity contribution in [3.63, 3.8) is 0 Å². The molecule has 0 bridgehead atoms. The van der Waals surface area contributed by atoms with Gasteiger partial charge in [0.15, 0.2) is 5.60 Å². The number of carbonyl (C=O) groups excluding carboxylic acids is 2. The van der Waals surface area contributed by atoms with Crippen LogP contribution >= 0.6 is 0 Å². The van der Waals surface area contributed by atoms with Gasteiger partial charge >= 0.3 is 0 Å². The molecule has 4 rings (SSSR count). The Hall–Kier alpha value is -3.60. The normalized spacial score (nSPS) is 14.5. The summed E-state index contributed by atoms with van der Waals surface area (Å²) in [6.45, 7) is 10.0. The lowest BCUT2D eigenvalue weighted by molar-refractivity contribution is -0.132. The van der Waals surface area contributed by atoms with Crippen LogP contribution in [0.3, 0.4) is 0 Å². The lowest BCUT2D eigenvalue weighted by atomic mass is 9.99. The molecule has 164 valence electrons. The molecule has 0 atom stereocenters. The van der Waals surface area contributed by atoms with E-state index in [1.165, 1.54) is 0 Å². The first-order chi connectivity index (χ1) is 15.1. The molecular formula is C27H28N2O3. The monoisotopic (exact) mass is 428 g/mol. The fraction of sp³-hybridized carbons (Fsp3) is 0.259. The Morgan fingerprint density at radius 1 is 0.938 bits per heavy atom. The van der Waals surface area contributed by atoms with E-state index in [0.29, 0.717) is 23.5 Å². The van der Waals surface area contributed by atoms with Crippen LogP contribution in [0.2, 0.25) is 0 Å². The van der Waals surface area contributed by atoms with Crippen LogP contribution in [0.5, 0.6) is 5.75 Å². The van der Waals surface area contributed by atoms with Crippen molar-refractivity contribution in [3.8, 4) is 5.75 Å². The topological polar surface area (TPSA) is 58.6 Å². The zero-order valence-electron chi connectivity index (χ0n) is 19.2. The van der Waals surface area contributed by atoms with E-state index >= 15 is 0 Å². The number of nitrogens with one attached hydrogen (secondary N) is 1. The molecule has 2 amide bonds. The first-order valence-corrected chi connectivity index (χ1v) is 10.7. The minimum absolute atomic E-state index is 0.137. The van der Waals surface area contributed by atoms with Gasteiger partial charge < -0.3 is 15.0 Å². The van der Waals surface area contributed by atoms with Gasteiger partial charge in [0.25, 0.3) is 11.8 Å². The van der Waals surface area contributed by atoms with Gasteiger partial charge in [-0.25, -0.2) is 0 Å². The number of nitrogens with zero attached hydrogens (tertiary/aromatic N) is 1. The van der Waals surface area contributed by atoms with E-state index in [0.717, 1.165) is 27.9 Å². The molecule has 0 aromatic heterocycles. The van der Waals surface area contributed by atoms with Crippen molar-refractivity contribution >= 4 is 23.2 Å². The van der Waals surface area contributed by atoms with Crippen molar-refractivity contribution in [2.45, 2.75) is 46.8 Å². The molecule has 1 aliphatic heterocycles. The van der Waals surface area contributed by atoms with E-state index < -0.39 is 5.60 Å². The quantitative estimate of drug-likeness (QED) is 0.591. The van der Waals surface area contributed by atoms with Crippen molar-refractivity contribution in [1.29, 1.82) is 0 Å². The number of hydrogen-bond acceptors (Lipinski definition) is 3. The van der Waals surface area contributed by atoms with Gasteiger partial charge in [-0.2, -0.15) is 0 Å². The first kappa shape index (κ1) is 21.6. The van der Waals surface area contributed by atoms with Crippen LogP contribution in [-0.4, -0.2) is 17.4 Å². The van der Waals surface area contributed by atoms with E-state index in [1.54, 1.807) is 36.9 Å². The zero-order chi connectivity index (χ0) is 23.0. The number of rotatable bonds is 4. The first-order valence-electron chi connectivity index (χ1n) is 10.7. The molecule has 0 aliphatic carbocycles. The predicted molar refractivity (Wildman–Crippen MR) is 127 cm³/mol. The van der Waals surface area contributed by atoms with Crippen LogP contribution in [0.25, 0.3) is 0 Å². The van der Waals surface area contributed by atoms with Gasteiger partial charge in [0.05, 0.1) is 12.2 Å². The highest BCUT2D eigenvalue weighted by atomic mass is 16.5. The Labute approximate surface area is 189 Å². The van der Waals surface area contributed by atoms with E-state index in [1.807, 2.05) is 45.0 Å².